The lowest BCUT2D eigenvalue weighted by molar-refractivity contribution is -0.148. The third-order valence-corrected chi connectivity index (χ3v) is 6.26. The van der Waals surface area contributed by atoms with Crippen LogP contribution >= 0.6 is 0 Å². The number of carbonyl (C=O) groups excluding carboxylic acids is 1. The Labute approximate surface area is 157 Å². The first-order valence-corrected chi connectivity index (χ1v) is 10.2. The highest BCUT2D eigenvalue weighted by Crippen LogP contribution is 2.34. The fourth-order valence-electron chi connectivity index (χ4n) is 4.02. The van der Waals surface area contributed by atoms with Gasteiger partial charge in [0.1, 0.15) is 0 Å². The molecule has 0 spiro atoms. The van der Waals surface area contributed by atoms with Crippen molar-refractivity contribution in [1.29, 1.82) is 0 Å². The number of methoxy groups -OCH3 is 1. The van der Waals surface area contributed by atoms with Gasteiger partial charge in [-0.1, -0.05) is 19.9 Å². The molecule has 144 valence electrons. The van der Waals surface area contributed by atoms with Crippen molar-refractivity contribution in [2.45, 2.75) is 71.3 Å². The van der Waals surface area contributed by atoms with Crippen molar-refractivity contribution in [3.8, 4) is 0 Å². The average Bonchev–Trinajstić information content (AvgIpc) is 2.64. The smallest absolute Gasteiger partial charge is 0.308 e. The topological polar surface area (TPSA) is 48.4 Å². The molecule has 2 atom stereocenters. The molecular weight excluding hydrogens is 326 g/mol. The number of esters is 1. The zero-order valence-electron chi connectivity index (χ0n) is 16.5. The van der Waals surface area contributed by atoms with Crippen molar-refractivity contribution in [2.75, 3.05) is 13.7 Å². The molecule has 1 fully saturated rings. The van der Waals surface area contributed by atoms with Gasteiger partial charge >= 0.3 is 5.97 Å². The van der Waals surface area contributed by atoms with E-state index >= 15 is 0 Å². The van der Waals surface area contributed by atoms with E-state index in [2.05, 4.69) is 19.1 Å². The zero-order chi connectivity index (χ0) is 18.5. The Morgan fingerprint density at radius 1 is 1.23 bits per heavy atom. The van der Waals surface area contributed by atoms with Gasteiger partial charge in [-0.05, 0) is 74.8 Å². The predicted octanol–water partition coefficient (Wildman–Crippen LogP) is 4.13. The highest BCUT2D eigenvalue weighted by molar-refractivity contribution is 5.72. The second kappa shape index (κ2) is 8.98. The lowest BCUT2D eigenvalue weighted by atomic mass is 9.79. The molecule has 4 heteroatoms. The van der Waals surface area contributed by atoms with Gasteiger partial charge in [0.25, 0.3) is 0 Å². The number of aryl methyl sites for hydroxylation is 3. The molecule has 0 aliphatic heterocycles. The summed E-state index contributed by atoms with van der Waals surface area (Å²) in [7, 11) is 1.44. The molecule has 0 radical (unpaired) electrons. The maximum Gasteiger partial charge on any atom is 0.308 e. The first kappa shape index (κ1) is 19.3. The van der Waals surface area contributed by atoms with E-state index in [1.807, 2.05) is 6.92 Å². The average molecular weight is 360 g/mol. The molecule has 0 bridgehead atoms. The summed E-state index contributed by atoms with van der Waals surface area (Å²) in [6.45, 7) is 4.61. The number of rotatable bonds is 8. The fraction of sp³-hybridized carbons (Fsp3) is 0.727. The van der Waals surface area contributed by atoms with Gasteiger partial charge in [-0.2, -0.15) is 0 Å². The Balaban J connectivity index is 1.34. The molecule has 1 saturated carbocycles. The maximum atomic E-state index is 11.6. The summed E-state index contributed by atoms with van der Waals surface area (Å²) < 4.78 is 10.8. The number of nitrogens with zero attached hydrogens (tertiary/aromatic N) is 1. The van der Waals surface area contributed by atoms with Crippen LogP contribution in [-0.4, -0.2) is 30.8 Å². The van der Waals surface area contributed by atoms with Gasteiger partial charge in [-0.3, -0.25) is 9.78 Å². The first-order valence-electron chi connectivity index (χ1n) is 10.2. The summed E-state index contributed by atoms with van der Waals surface area (Å²) in [5.74, 6) is 0.698. The predicted molar refractivity (Wildman–Crippen MR) is 102 cm³/mol. The van der Waals surface area contributed by atoms with Crippen LogP contribution in [0.5, 0.6) is 0 Å². The van der Waals surface area contributed by atoms with E-state index in [0.29, 0.717) is 12.7 Å². The molecule has 2 unspecified atom stereocenters. The van der Waals surface area contributed by atoms with E-state index < -0.39 is 0 Å². The van der Waals surface area contributed by atoms with Crippen LogP contribution in [0, 0.1) is 17.8 Å². The van der Waals surface area contributed by atoms with E-state index in [1.54, 1.807) is 0 Å². The molecule has 1 aromatic rings. The van der Waals surface area contributed by atoms with Gasteiger partial charge in [0, 0.05) is 11.4 Å². The summed E-state index contributed by atoms with van der Waals surface area (Å²) in [6.07, 6.45) is 9.91. The molecule has 0 amide bonds. The number of hydrogen-bond donors (Lipinski definition) is 0. The van der Waals surface area contributed by atoms with Crippen molar-refractivity contribution in [3.05, 3.63) is 29.1 Å². The number of fused-ring (bicyclic) bond motifs is 1. The summed E-state index contributed by atoms with van der Waals surface area (Å²) in [6, 6.07) is 4.53. The summed E-state index contributed by atoms with van der Waals surface area (Å²) >= 11 is 0. The van der Waals surface area contributed by atoms with Crippen molar-refractivity contribution in [2.24, 2.45) is 17.8 Å². The monoisotopic (exact) mass is 359 g/mol. The third-order valence-electron chi connectivity index (χ3n) is 6.26. The SMILES string of the molecule is COC(=O)C(C)C(C)COC1CC(CCc2ccc3c(n2)CCCC3)C1. The second-order valence-corrected chi connectivity index (χ2v) is 8.24. The van der Waals surface area contributed by atoms with Gasteiger partial charge in [-0.15, -0.1) is 0 Å². The van der Waals surface area contributed by atoms with Crippen molar-refractivity contribution < 1.29 is 14.3 Å². The molecule has 1 aromatic heterocycles. The van der Waals surface area contributed by atoms with Crippen molar-refractivity contribution in [3.63, 3.8) is 0 Å². The Bertz CT molecular complexity index is 609. The number of pyridine rings is 1. The molecular formula is C22H33NO3. The molecule has 2 aliphatic rings. The molecule has 4 nitrogen and oxygen atoms in total. The van der Waals surface area contributed by atoms with Crippen LogP contribution in [0.3, 0.4) is 0 Å². The quantitative estimate of drug-likeness (QED) is 0.655. The third kappa shape index (κ3) is 4.85. The van der Waals surface area contributed by atoms with E-state index in [4.69, 9.17) is 14.5 Å². The first-order chi connectivity index (χ1) is 12.6. The molecule has 3 rings (SSSR count). The zero-order valence-corrected chi connectivity index (χ0v) is 16.5. The van der Waals surface area contributed by atoms with Gasteiger partial charge in [-0.25, -0.2) is 0 Å². The van der Waals surface area contributed by atoms with Crippen LogP contribution in [0.15, 0.2) is 12.1 Å². The standard InChI is InChI=1S/C22H33NO3/c1-15(16(2)22(24)25-3)14-26-20-12-17(13-20)8-10-19-11-9-18-6-4-5-7-21(18)23-19/h9,11,15-17,20H,4-8,10,12-14H2,1-3H3. The van der Waals surface area contributed by atoms with Gasteiger partial charge < -0.3 is 9.47 Å². The van der Waals surface area contributed by atoms with E-state index in [1.165, 1.54) is 49.7 Å². The lowest BCUT2D eigenvalue weighted by Crippen LogP contribution is -2.34. The van der Waals surface area contributed by atoms with Gasteiger partial charge in [0.15, 0.2) is 0 Å². The van der Waals surface area contributed by atoms with Gasteiger partial charge in [0.2, 0.25) is 0 Å². The Kier molecular flexibility index (Phi) is 6.68. The molecule has 26 heavy (non-hydrogen) atoms. The van der Waals surface area contributed by atoms with Gasteiger partial charge in [0.05, 0.1) is 25.7 Å². The van der Waals surface area contributed by atoms with E-state index in [-0.39, 0.29) is 17.8 Å². The number of hydrogen-bond acceptors (Lipinski definition) is 4. The molecule has 1 heterocycles. The second-order valence-electron chi connectivity index (χ2n) is 8.24. The van der Waals surface area contributed by atoms with Crippen LogP contribution in [0.25, 0.3) is 0 Å². The number of aromatic nitrogens is 1. The highest BCUT2D eigenvalue weighted by Gasteiger charge is 2.31. The van der Waals surface area contributed by atoms with Crippen LogP contribution in [0.2, 0.25) is 0 Å². The largest absolute Gasteiger partial charge is 0.469 e. The molecule has 0 saturated heterocycles. The number of carbonyl (C=O) groups is 1. The van der Waals surface area contributed by atoms with E-state index in [9.17, 15) is 4.79 Å². The van der Waals surface area contributed by atoms with Crippen molar-refractivity contribution in [1.82, 2.24) is 4.98 Å². The normalized spacial score (nSPS) is 24.3. The van der Waals surface area contributed by atoms with Crippen LogP contribution in [0.4, 0.5) is 0 Å². The lowest BCUT2D eigenvalue weighted by Gasteiger charge is -2.36. The minimum atomic E-state index is -0.148. The minimum absolute atomic E-state index is 0.106. The summed E-state index contributed by atoms with van der Waals surface area (Å²) in [4.78, 5) is 16.5. The molecule has 2 aliphatic carbocycles. The van der Waals surface area contributed by atoms with Crippen LogP contribution < -0.4 is 0 Å². The molecule has 0 N–H and O–H groups in total. The Morgan fingerprint density at radius 2 is 2.00 bits per heavy atom. The summed E-state index contributed by atoms with van der Waals surface area (Å²) in [5.41, 5.74) is 4.07. The number of ether oxygens (including phenoxy) is 2. The van der Waals surface area contributed by atoms with Crippen molar-refractivity contribution >= 4 is 5.97 Å². The Morgan fingerprint density at radius 3 is 2.77 bits per heavy atom. The Hall–Kier alpha value is -1.42. The highest BCUT2D eigenvalue weighted by atomic mass is 16.5. The minimum Gasteiger partial charge on any atom is -0.469 e. The van der Waals surface area contributed by atoms with Crippen LogP contribution in [0.1, 0.15) is 62.9 Å². The maximum absolute atomic E-state index is 11.6. The molecule has 0 aromatic carbocycles. The fourth-order valence-corrected chi connectivity index (χ4v) is 4.02. The van der Waals surface area contributed by atoms with Crippen LogP contribution in [-0.2, 0) is 33.5 Å². The summed E-state index contributed by atoms with van der Waals surface area (Å²) in [5, 5.41) is 0. The van der Waals surface area contributed by atoms with E-state index in [0.717, 1.165) is 31.6 Å².